The Balaban J connectivity index is 1.30. The molecule has 7 rings (SSSR count). The maximum absolute atomic E-state index is 12.7. The van der Waals surface area contributed by atoms with Gasteiger partial charge in [-0.15, -0.1) is 6.58 Å². The molecule has 7 atom stereocenters. The fourth-order valence-electron chi connectivity index (χ4n) is 6.98. The van der Waals surface area contributed by atoms with Gasteiger partial charge >= 0.3 is 0 Å². The molecule has 0 saturated carbocycles. The number of nitrogen functional groups attached to an aromatic ring is 2. The van der Waals surface area contributed by atoms with Gasteiger partial charge in [0.1, 0.15) is 59.1 Å². The van der Waals surface area contributed by atoms with Gasteiger partial charge in [-0.25, -0.2) is 29.9 Å². The Morgan fingerprint density at radius 2 is 1.60 bits per heavy atom. The molecule has 2 fully saturated rings. The molecule has 7 unspecified atom stereocenters. The molecule has 7 N–H and O–H groups in total. The quantitative estimate of drug-likeness (QED) is 0.136. The number of nitrogens with two attached hydrogens (primary N) is 2. The van der Waals surface area contributed by atoms with Crippen molar-refractivity contribution in [3.8, 4) is 0 Å². The maximum atomic E-state index is 12.7. The number of hydrogen-bond donors (Lipinski definition) is 5. The summed E-state index contributed by atoms with van der Waals surface area (Å²) in [6.45, 7) is 5.38. The number of aromatic nitrogens is 8. The predicted molar refractivity (Wildman–Crippen MR) is 168 cm³/mol. The van der Waals surface area contributed by atoms with Crippen LogP contribution < -0.4 is 11.5 Å². The predicted octanol–water partition coefficient (Wildman–Crippen LogP) is 1.41. The molecule has 0 bridgehead atoms. The van der Waals surface area contributed by atoms with Crippen molar-refractivity contribution < 1.29 is 29.5 Å². The van der Waals surface area contributed by atoms with E-state index < -0.39 is 48.1 Å². The summed E-state index contributed by atoms with van der Waals surface area (Å²) in [4.78, 5) is 25.4. The molecule has 0 radical (unpaired) electrons. The molecule has 0 amide bonds. The second-order valence-electron chi connectivity index (χ2n) is 11.9. The van der Waals surface area contributed by atoms with Crippen LogP contribution in [0.15, 0.2) is 68.3 Å². The summed E-state index contributed by atoms with van der Waals surface area (Å²) in [5.74, 6) is 0.385. The summed E-state index contributed by atoms with van der Waals surface area (Å²) in [7, 11) is 0. The molecule has 2 aliphatic rings. The fourth-order valence-corrected chi connectivity index (χ4v) is 6.98. The van der Waals surface area contributed by atoms with Crippen molar-refractivity contribution in [1.82, 2.24) is 39.0 Å². The normalized spacial score (nSPS) is 29.9. The average Bonchev–Trinajstić information content (AvgIpc) is 3.87. The molecule has 6 heterocycles. The number of aliphatic hydroxyl groups is 3. The average molecular weight is 645 g/mol. The van der Waals surface area contributed by atoms with Gasteiger partial charge in [0.05, 0.1) is 32.0 Å². The van der Waals surface area contributed by atoms with Gasteiger partial charge in [-0.2, -0.15) is 0 Å². The van der Waals surface area contributed by atoms with Crippen molar-refractivity contribution in [2.75, 3.05) is 18.1 Å². The van der Waals surface area contributed by atoms with Crippen molar-refractivity contribution in [2.24, 2.45) is 0 Å². The molecular formula is C31H36N10O6. The van der Waals surface area contributed by atoms with Crippen LogP contribution in [0.2, 0.25) is 0 Å². The number of nitrogens with zero attached hydrogens (tertiary/aromatic N) is 8. The summed E-state index contributed by atoms with van der Waals surface area (Å²) < 4.78 is 22.9. The zero-order valence-electron chi connectivity index (χ0n) is 25.6. The van der Waals surface area contributed by atoms with Gasteiger partial charge in [0.2, 0.25) is 0 Å². The van der Waals surface area contributed by atoms with E-state index in [0.717, 1.165) is 5.56 Å². The van der Waals surface area contributed by atoms with Gasteiger partial charge in [0, 0.05) is 12.8 Å². The molecule has 5 aromatic rings. The van der Waals surface area contributed by atoms with E-state index >= 15 is 0 Å². The van der Waals surface area contributed by atoms with Crippen LogP contribution in [0.5, 0.6) is 0 Å². The Hall–Kier alpha value is -4.58. The first-order chi connectivity index (χ1) is 22.7. The van der Waals surface area contributed by atoms with E-state index in [1.165, 1.54) is 31.4 Å². The van der Waals surface area contributed by atoms with Crippen LogP contribution in [0.3, 0.4) is 0 Å². The lowest BCUT2D eigenvalue weighted by atomic mass is 9.70. The van der Waals surface area contributed by atoms with Crippen LogP contribution in [-0.2, 0) is 20.8 Å². The Bertz CT molecular complexity index is 1910. The lowest BCUT2D eigenvalue weighted by Gasteiger charge is -2.48. The van der Waals surface area contributed by atoms with Gasteiger partial charge < -0.3 is 41.0 Å². The number of anilines is 2. The Kier molecular flexibility index (Phi) is 7.65. The molecule has 47 heavy (non-hydrogen) atoms. The number of imidazole rings is 2. The summed E-state index contributed by atoms with van der Waals surface area (Å²) in [5.41, 5.74) is 9.06. The van der Waals surface area contributed by atoms with Gasteiger partial charge in [-0.1, -0.05) is 43.3 Å². The molecule has 1 aromatic carbocycles. The molecule has 4 aromatic heterocycles. The van der Waals surface area contributed by atoms with Crippen molar-refractivity contribution in [3.63, 3.8) is 0 Å². The van der Waals surface area contributed by atoms with Crippen LogP contribution in [0.1, 0.15) is 44.2 Å². The second-order valence-corrected chi connectivity index (χ2v) is 11.9. The van der Waals surface area contributed by atoms with Crippen molar-refractivity contribution in [2.45, 2.75) is 74.3 Å². The zero-order valence-corrected chi connectivity index (χ0v) is 25.6. The van der Waals surface area contributed by atoms with Crippen LogP contribution in [0, 0.1) is 0 Å². The van der Waals surface area contributed by atoms with E-state index in [1.807, 2.05) is 30.3 Å². The number of rotatable bonds is 10. The molecule has 246 valence electrons. The van der Waals surface area contributed by atoms with E-state index in [4.69, 9.17) is 25.7 Å². The lowest BCUT2D eigenvalue weighted by molar-refractivity contribution is -0.249. The van der Waals surface area contributed by atoms with E-state index in [0.29, 0.717) is 22.3 Å². The van der Waals surface area contributed by atoms with Crippen LogP contribution in [-0.4, -0.2) is 90.0 Å². The summed E-state index contributed by atoms with van der Waals surface area (Å²) in [6, 6.07) is 9.55. The third kappa shape index (κ3) is 4.67. The van der Waals surface area contributed by atoms with E-state index in [9.17, 15) is 15.3 Å². The van der Waals surface area contributed by atoms with Gasteiger partial charge in [0.25, 0.3) is 0 Å². The highest BCUT2D eigenvalue weighted by Crippen LogP contribution is 2.54. The first-order valence-electron chi connectivity index (χ1n) is 15.2. The van der Waals surface area contributed by atoms with E-state index in [1.54, 1.807) is 16.1 Å². The lowest BCUT2D eigenvalue weighted by Crippen LogP contribution is -2.68. The highest BCUT2D eigenvalue weighted by Gasteiger charge is 2.69. The smallest absolute Gasteiger partial charge is 0.167 e. The van der Waals surface area contributed by atoms with E-state index in [2.05, 4.69) is 36.5 Å². The largest absolute Gasteiger partial charge is 0.393 e. The maximum Gasteiger partial charge on any atom is 0.167 e. The van der Waals surface area contributed by atoms with E-state index in [-0.39, 0.29) is 37.5 Å². The van der Waals surface area contributed by atoms with Gasteiger partial charge in [-0.05, 0) is 12.0 Å². The van der Waals surface area contributed by atoms with Crippen molar-refractivity contribution in [3.05, 3.63) is 73.9 Å². The summed E-state index contributed by atoms with van der Waals surface area (Å²) >= 11 is 0. The number of benzene rings is 1. The SMILES string of the molecule is C=CC1(C(O)C2(O)CC(n3cnc4c(N)ncnc43)OC2(CC)CO)OC(n2cnc3c(N)ncnc32)CC1OCc1ccccc1. The fraction of sp³-hybridized carbons (Fsp3) is 0.419. The minimum atomic E-state index is -2.10. The molecule has 16 nitrogen and oxygen atoms in total. The minimum absolute atomic E-state index is 0.131. The van der Waals surface area contributed by atoms with Crippen molar-refractivity contribution in [1.29, 1.82) is 0 Å². The van der Waals surface area contributed by atoms with Gasteiger partial charge in [0.15, 0.2) is 22.9 Å². The molecule has 16 heteroatoms. The van der Waals surface area contributed by atoms with Gasteiger partial charge in [-0.3, -0.25) is 9.13 Å². The third-order valence-electron chi connectivity index (χ3n) is 9.61. The highest BCUT2D eigenvalue weighted by atomic mass is 16.6. The molecule has 2 saturated heterocycles. The highest BCUT2D eigenvalue weighted by molar-refractivity contribution is 5.81. The third-order valence-corrected chi connectivity index (χ3v) is 9.61. The number of hydrogen-bond acceptors (Lipinski definition) is 14. The van der Waals surface area contributed by atoms with Crippen LogP contribution >= 0.6 is 0 Å². The Morgan fingerprint density at radius 3 is 2.17 bits per heavy atom. The Morgan fingerprint density at radius 1 is 0.979 bits per heavy atom. The molecular weight excluding hydrogens is 608 g/mol. The topological polar surface area (TPSA) is 228 Å². The number of aliphatic hydroxyl groups excluding tert-OH is 2. The number of ether oxygens (including phenoxy) is 3. The zero-order chi connectivity index (χ0) is 33.0. The first kappa shape index (κ1) is 31.0. The Labute approximate surface area is 268 Å². The summed E-state index contributed by atoms with van der Waals surface area (Å²) in [6.07, 6.45) is 3.02. The monoisotopic (exact) mass is 644 g/mol. The first-order valence-corrected chi connectivity index (χ1v) is 15.2. The molecule has 0 aliphatic carbocycles. The standard InChI is InChI=1S/C31H36N10O6/c1-3-29(13-42)31(44,11-21(46-29)41-17-39-23-25(33)35-15-37-27(23)41)28(43)30(4-2)19(45-12-18-8-6-5-7-9-18)10-20(47-30)40-16-38-22-24(32)34-14-36-26(22)40/h4-9,14-17,19-21,28,42-44H,2-3,10-13H2,1H3,(H2,32,34,36)(H2,33,35,37). The minimum Gasteiger partial charge on any atom is -0.393 e. The van der Waals surface area contributed by atoms with Crippen LogP contribution in [0.25, 0.3) is 22.3 Å². The number of fused-ring (bicyclic) bond motifs is 2. The molecule has 0 spiro atoms. The van der Waals surface area contributed by atoms with Crippen LogP contribution in [0.4, 0.5) is 11.6 Å². The summed E-state index contributed by atoms with van der Waals surface area (Å²) in [5, 5.41) is 36.0. The second kappa shape index (κ2) is 11.6. The molecule has 2 aliphatic heterocycles. The van der Waals surface area contributed by atoms with Crippen molar-refractivity contribution >= 4 is 34.0 Å².